The van der Waals surface area contributed by atoms with Crippen molar-refractivity contribution in [3.63, 3.8) is 0 Å². The first-order valence-electron chi connectivity index (χ1n) is 13.1. The van der Waals surface area contributed by atoms with Crippen molar-refractivity contribution in [3.8, 4) is 5.75 Å². The van der Waals surface area contributed by atoms with E-state index in [0.717, 1.165) is 38.9 Å². The van der Waals surface area contributed by atoms with Gasteiger partial charge in [0.25, 0.3) is 0 Å². The van der Waals surface area contributed by atoms with Crippen LogP contribution in [0.1, 0.15) is 51.3 Å². The molecule has 5 rings (SSSR count). The molecule has 202 valence electrons. The molecular formula is C31H33N2O6+. The van der Waals surface area contributed by atoms with Crippen molar-refractivity contribution in [2.24, 2.45) is 0 Å². The number of methoxy groups -OCH3 is 2. The Balaban J connectivity index is 1.43. The van der Waals surface area contributed by atoms with Crippen molar-refractivity contribution in [3.05, 3.63) is 100 Å². The molecule has 3 aromatic carbocycles. The minimum absolute atomic E-state index is 0.139. The van der Waals surface area contributed by atoms with Gasteiger partial charge in [0.1, 0.15) is 5.75 Å². The summed E-state index contributed by atoms with van der Waals surface area (Å²) in [5.74, 6) is 0.0984. The maximum atomic E-state index is 12.6. The minimum atomic E-state index is -0.363. The molecule has 0 saturated carbocycles. The molecule has 1 aliphatic rings. The first kappa shape index (κ1) is 26.5. The lowest BCUT2D eigenvalue weighted by molar-refractivity contribution is -0.712. The lowest BCUT2D eigenvalue weighted by Crippen LogP contribution is -2.94. The Morgan fingerprint density at radius 1 is 0.974 bits per heavy atom. The second-order valence-electron chi connectivity index (χ2n) is 9.51. The van der Waals surface area contributed by atoms with E-state index in [1.54, 1.807) is 20.1 Å². The van der Waals surface area contributed by atoms with Gasteiger partial charge in [-0.15, -0.1) is 0 Å². The van der Waals surface area contributed by atoms with Gasteiger partial charge in [-0.1, -0.05) is 36.4 Å². The molecule has 0 bridgehead atoms. The fraction of sp³-hybridized carbons (Fsp3) is 0.290. The second kappa shape index (κ2) is 11.7. The zero-order valence-corrected chi connectivity index (χ0v) is 22.4. The molecule has 0 aliphatic carbocycles. The molecule has 3 N–H and O–H groups in total. The number of nitrogens with one attached hydrogen (secondary N) is 1. The number of aromatic amines is 1. The third-order valence-corrected chi connectivity index (χ3v) is 7.20. The van der Waals surface area contributed by atoms with Crippen LogP contribution in [0.15, 0.2) is 66.7 Å². The highest BCUT2D eigenvalue weighted by atomic mass is 16.5. The molecule has 0 radical (unpaired) electrons. The van der Waals surface area contributed by atoms with Gasteiger partial charge in [-0.3, -0.25) is 0 Å². The number of quaternary nitrogens is 1. The van der Waals surface area contributed by atoms with E-state index in [1.807, 2.05) is 42.5 Å². The van der Waals surface area contributed by atoms with Crippen LogP contribution >= 0.6 is 0 Å². The minimum Gasteiger partial charge on any atom is -0.496 e. The van der Waals surface area contributed by atoms with Crippen molar-refractivity contribution in [1.82, 2.24) is 4.98 Å². The van der Waals surface area contributed by atoms with Gasteiger partial charge in [0.05, 0.1) is 45.3 Å². The molecule has 0 spiro atoms. The summed E-state index contributed by atoms with van der Waals surface area (Å²) >= 11 is 0. The number of carbonyl (C=O) groups excluding carboxylic acids is 2. The van der Waals surface area contributed by atoms with E-state index in [4.69, 9.17) is 18.9 Å². The van der Waals surface area contributed by atoms with Crippen molar-refractivity contribution < 1.29 is 33.9 Å². The van der Waals surface area contributed by atoms with Crippen LogP contribution < -0.4 is 10.1 Å². The van der Waals surface area contributed by atoms with E-state index in [0.29, 0.717) is 24.3 Å². The average Bonchev–Trinajstić information content (AvgIpc) is 3.35. The number of aromatic nitrogens is 1. The predicted molar refractivity (Wildman–Crippen MR) is 145 cm³/mol. The number of rotatable bonds is 9. The van der Waals surface area contributed by atoms with E-state index >= 15 is 0 Å². The molecule has 8 nitrogen and oxygen atoms in total. The Bertz CT molecular complexity index is 1490. The molecule has 39 heavy (non-hydrogen) atoms. The van der Waals surface area contributed by atoms with Crippen molar-refractivity contribution in [1.29, 1.82) is 0 Å². The third kappa shape index (κ3) is 5.39. The number of nitrogens with two attached hydrogens (primary N) is 1. The number of fused-ring (bicyclic) bond motifs is 3. The summed E-state index contributed by atoms with van der Waals surface area (Å²) < 4.78 is 22.0. The van der Waals surface area contributed by atoms with Crippen LogP contribution in [0.4, 0.5) is 0 Å². The summed E-state index contributed by atoms with van der Waals surface area (Å²) in [6.07, 6.45) is 0.592. The molecule has 0 amide bonds. The highest BCUT2D eigenvalue weighted by Crippen LogP contribution is 2.34. The van der Waals surface area contributed by atoms with E-state index in [2.05, 4.69) is 28.5 Å². The molecule has 4 aromatic rings. The SMILES string of the molecule is CCOC(=O)c1ccccc1COCc1cc([C@@H]2[NH2+][C@@H](C(=O)OC)Cc3c2[nH]c2ccccc32)ccc1OC. The van der Waals surface area contributed by atoms with Gasteiger partial charge >= 0.3 is 11.9 Å². The van der Waals surface area contributed by atoms with Crippen LogP contribution in [0.3, 0.4) is 0 Å². The quantitative estimate of drug-likeness (QED) is 0.320. The molecule has 2 heterocycles. The van der Waals surface area contributed by atoms with Crippen molar-refractivity contribution in [2.45, 2.75) is 38.6 Å². The van der Waals surface area contributed by atoms with E-state index in [-0.39, 0.29) is 37.2 Å². The third-order valence-electron chi connectivity index (χ3n) is 7.20. The molecule has 0 unspecified atom stereocenters. The summed E-state index contributed by atoms with van der Waals surface area (Å²) in [6.45, 7) is 2.62. The van der Waals surface area contributed by atoms with E-state index in [9.17, 15) is 9.59 Å². The summed E-state index contributed by atoms with van der Waals surface area (Å²) in [7, 11) is 3.06. The van der Waals surface area contributed by atoms with Gasteiger partial charge in [0.2, 0.25) is 0 Å². The lowest BCUT2D eigenvalue weighted by atomic mass is 9.89. The summed E-state index contributed by atoms with van der Waals surface area (Å²) in [6, 6.07) is 21.0. The first-order valence-corrected chi connectivity index (χ1v) is 13.1. The van der Waals surface area contributed by atoms with Crippen LogP contribution in [-0.2, 0) is 38.6 Å². The monoisotopic (exact) mass is 529 g/mol. The molecule has 0 saturated heterocycles. The van der Waals surface area contributed by atoms with Gasteiger partial charge in [0.15, 0.2) is 12.1 Å². The normalized spacial score (nSPS) is 16.5. The Morgan fingerprint density at radius 2 is 1.74 bits per heavy atom. The van der Waals surface area contributed by atoms with Crippen molar-refractivity contribution in [2.75, 3.05) is 20.8 Å². The summed E-state index contributed by atoms with van der Waals surface area (Å²) in [5.41, 5.74) is 6.41. The largest absolute Gasteiger partial charge is 0.496 e. The van der Waals surface area contributed by atoms with Gasteiger partial charge in [-0.05, 0) is 48.4 Å². The van der Waals surface area contributed by atoms with Crippen LogP contribution in [0, 0.1) is 0 Å². The van der Waals surface area contributed by atoms with Crippen LogP contribution in [0.2, 0.25) is 0 Å². The number of carbonyl (C=O) groups is 2. The van der Waals surface area contributed by atoms with Crippen LogP contribution in [-0.4, -0.2) is 43.8 Å². The summed E-state index contributed by atoms with van der Waals surface area (Å²) in [5, 5.41) is 3.18. The highest BCUT2D eigenvalue weighted by Gasteiger charge is 2.38. The number of H-pyrrole nitrogens is 1. The lowest BCUT2D eigenvalue weighted by Gasteiger charge is -2.27. The number of para-hydroxylation sites is 1. The summed E-state index contributed by atoms with van der Waals surface area (Å²) in [4.78, 5) is 28.6. The van der Waals surface area contributed by atoms with Gasteiger partial charge < -0.3 is 29.2 Å². The predicted octanol–water partition coefficient (Wildman–Crippen LogP) is 3.82. The van der Waals surface area contributed by atoms with Crippen molar-refractivity contribution >= 4 is 22.8 Å². The average molecular weight is 530 g/mol. The smallest absolute Gasteiger partial charge is 0.364 e. The van der Waals surface area contributed by atoms with Gasteiger partial charge in [-0.25, -0.2) is 9.59 Å². The maximum absolute atomic E-state index is 12.6. The molecular weight excluding hydrogens is 496 g/mol. The first-order chi connectivity index (χ1) is 19.0. The molecule has 1 aliphatic heterocycles. The Labute approximate surface area is 227 Å². The van der Waals surface area contributed by atoms with Crippen LogP contribution in [0.25, 0.3) is 10.9 Å². The molecule has 2 atom stereocenters. The zero-order valence-electron chi connectivity index (χ0n) is 22.4. The number of hydrogen-bond donors (Lipinski definition) is 2. The zero-order chi connectivity index (χ0) is 27.4. The van der Waals surface area contributed by atoms with Gasteiger partial charge in [0, 0.05) is 28.5 Å². The Morgan fingerprint density at radius 3 is 2.54 bits per heavy atom. The number of ether oxygens (including phenoxy) is 4. The maximum Gasteiger partial charge on any atom is 0.364 e. The van der Waals surface area contributed by atoms with Gasteiger partial charge in [-0.2, -0.15) is 0 Å². The van der Waals surface area contributed by atoms with Crippen LogP contribution in [0.5, 0.6) is 5.75 Å². The number of esters is 2. The van der Waals surface area contributed by atoms with E-state index < -0.39 is 0 Å². The molecule has 0 fully saturated rings. The van der Waals surface area contributed by atoms with E-state index in [1.165, 1.54) is 7.11 Å². The topological polar surface area (TPSA) is 103 Å². The fourth-order valence-corrected chi connectivity index (χ4v) is 5.34. The second-order valence-corrected chi connectivity index (χ2v) is 9.51. The number of hydrogen-bond acceptors (Lipinski definition) is 6. The Hall–Kier alpha value is -4.14. The Kier molecular flexibility index (Phi) is 7.95. The standard InChI is InChI=1S/C31H32N2O6/c1-4-39-30(34)22-10-6-5-9-20(22)17-38-18-21-15-19(13-14-27(21)36-2)28-29-24(16-26(33-28)31(35)37-3)23-11-7-8-12-25(23)32-29/h5-15,26,28,32-33H,4,16-18H2,1-3H3/p+1/t26-,28+/m1/s1. The molecule has 1 aromatic heterocycles. The highest BCUT2D eigenvalue weighted by molar-refractivity contribution is 5.91. The number of benzene rings is 3. The fourth-order valence-electron chi connectivity index (χ4n) is 5.34. The molecule has 8 heteroatoms.